The molecule has 4 aromatic rings. The van der Waals surface area contributed by atoms with Crippen molar-refractivity contribution in [3.63, 3.8) is 0 Å². The lowest BCUT2D eigenvalue weighted by atomic mass is 10.1. The minimum atomic E-state index is -0.156. The zero-order chi connectivity index (χ0) is 27.2. The maximum atomic E-state index is 12.9. The fraction of sp³-hybridized carbons (Fsp3) is 0.276. The molecule has 0 fully saturated rings. The quantitative estimate of drug-likeness (QED) is 0.323. The third-order valence-corrected chi connectivity index (χ3v) is 6.24. The van der Waals surface area contributed by atoms with E-state index in [1.807, 2.05) is 82.4 Å². The average molecular weight is 511 g/mol. The molecule has 4 rings (SSSR count). The minimum Gasteiger partial charge on any atom is -0.348 e. The number of aryl methyl sites for hydroxylation is 1. The first-order chi connectivity index (χ1) is 18.2. The number of fused-ring (bicyclic) bond motifs is 1. The summed E-state index contributed by atoms with van der Waals surface area (Å²) in [4.78, 5) is 35.0. The van der Waals surface area contributed by atoms with Crippen LogP contribution in [0.15, 0.2) is 61.6 Å². The standard InChI is InChI=1S/C29H34N8O/c1-19(2)22-11-8-21(9-12-22)16-30-28(38)23-10-7-20(3)24(15-23)34-27-26-25(32-18-33-27)17-31-29(35-26)37(6)14-13-36(4)5/h7-12,15,17-18H,1,13-14,16H2,2-6H3,(H,30,38)(H,32,33,34). The van der Waals surface area contributed by atoms with E-state index in [0.29, 0.717) is 34.9 Å². The molecule has 9 heteroatoms. The third-order valence-electron chi connectivity index (χ3n) is 6.24. The van der Waals surface area contributed by atoms with Gasteiger partial charge in [0, 0.05) is 37.9 Å². The Morgan fingerprint density at radius 3 is 2.42 bits per heavy atom. The predicted octanol–water partition coefficient (Wildman–Crippen LogP) is 4.43. The van der Waals surface area contributed by atoms with Gasteiger partial charge in [0.25, 0.3) is 5.91 Å². The van der Waals surface area contributed by atoms with Gasteiger partial charge in [-0.1, -0.05) is 42.5 Å². The molecule has 2 aromatic carbocycles. The fourth-order valence-corrected chi connectivity index (χ4v) is 3.79. The average Bonchev–Trinajstić information content (AvgIpc) is 2.91. The van der Waals surface area contributed by atoms with Crippen LogP contribution in [0.1, 0.15) is 34.0 Å². The molecule has 0 spiro atoms. The minimum absolute atomic E-state index is 0.156. The number of likely N-dealkylation sites (N-methyl/N-ethyl adjacent to an activating group) is 2. The topological polar surface area (TPSA) is 99.2 Å². The Bertz CT molecular complexity index is 1450. The molecule has 0 saturated carbocycles. The summed E-state index contributed by atoms with van der Waals surface area (Å²) in [5, 5.41) is 6.36. The molecule has 38 heavy (non-hydrogen) atoms. The molecule has 0 radical (unpaired) electrons. The van der Waals surface area contributed by atoms with Crippen LogP contribution in [0.2, 0.25) is 0 Å². The number of carbonyl (C=O) groups excluding carboxylic acids is 1. The molecule has 196 valence electrons. The van der Waals surface area contributed by atoms with Crippen LogP contribution in [-0.4, -0.2) is 65.0 Å². The Balaban J connectivity index is 1.52. The SMILES string of the molecule is C=C(C)c1ccc(CNC(=O)c2ccc(C)c(Nc3ncnc4cnc(N(C)CCN(C)C)nc34)c2)cc1. The summed E-state index contributed by atoms with van der Waals surface area (Å²) in [6.07, 6.45) is 3.19. The number of hydrogen-bond acceptors (Lipinski definition) is 8. The lowest BCUT2D eigenvalue weighted by Gasteiger charge is -2.20. The van der Waals surface area contributed by atoms with Gasteiger partial charge in [0.15, 0.2) is 5.82 Å². The van der Waals surface area contributed by atoms with Crippen LogP contribution in [0.4, 0.5) is 17.5 Å². The molecule has 0 bridgehead atoms. The van der Waals surface area contributed by atoms with Gasteiger partial charge in [-0.2, -0.15) is 0 Å². The van der Waals surface area contributed by atoms with Crippen molar-refractivity contribution in [2.24, 2.45) is 0 Å². The summed E-state index contributed by atoms with van der Waals surface area (Å²) in [5.74, 6) is 0.993. The van der Waals surface area contributed by atoms with Crippen molar-refractivity contribution >= 4 is 40.0 Å². The highest BCUT2D eigenvalue weighted by Gasteiger charge is 2.14. The second-order valence-electron chi connectivity index (χ2n) is 9.67. The van der Waals surface area contributed by atoms with Gasteiger partial charge in [-0.05, 0) is 56.8 Å². The van der Waals surface area contributed by atoms with E-state index in [-0.39, 0.29) is 5.91 Å². The van der Waals surface area contributed by atoms with Crippen LogP contribution in [0.3, 0.4) is 0 Å². The molecular weight excluding hydrogens is 476 g/mol. The van der Waals surface area contributed by atoms with Crippen LogP contribution >= 0.6 is 0 Å². The fourth-order valence-electron chi connectivity index (χ4n) is 3.79. The second kappa shape index (κ2) is 11.8. The molecule has 0 aliphatic rings. The van der Waals surface area contributed by atoms with E-state index in [9.17, 15) is 4.79 Å². The van der Waals surface area contributed by atoms with Crippen molar-refractivity contribution in [2.75, 3.05) is 44.4 Å². The Labute approximate surface area is 223 Å². The maximum Gasteiger partial charge on any atom is 0.251 e. The number of nitrogens with zero attached hydrogens (tertiary/aromatic N) is 6. The van der Waals surface area contributed by atoms with Gasteiger partial charge in [-0.25, -0.2) is 19.9 Å². The highest BCUT2D eigenvalue weighted by atomic mass is 16.1. The lowest BCUT2D eigenvalue weighted by Crippen LogP contribution is -2.29. The molecule has 0 aliphatic heterocycles. The van der Waals surface area contributed by atoms with Gasteiger partial charge >= 0.3 is 0 Å². The van der Waals surface area contributed by atoms with Crippen LogP contribution in [0.25, 0.3) is 16.6 Å². The van der Waals surface area contributed by atoms with Gasteiger partial charge in [-0.15, -0.1) is 0 Å². The second-order valence-corrected chi connectivity index (χ2v) is 9.67. The van der Waals surface area contributed by atoms with E-state index < -0.39 is 0 Å². The number of amides is 1. The Morgan fingerprint density at radius 1 is 0.974 bits per heavy atom. The van der Waals surface area contributed by atoms with Crippen molar-refractivity contribution in [1.29, 1.82) is 0 Å². The summed E-state index contributed by atoms with van der Waals surface area (Å²) >= 11 is 0. The molecule has 2 N–H and O–H groups in total. The van der Waals surface area contributed by atoms with Crippen molar-refractivity contribution in [3.05, 3.63) is 83.8 Å². The number of rotatable bonds is 10. The summed E-state index contributed by atoms with van der Waals surface area (Å²) in [5.41, 5.74) is 6.66. The van der Waals surface area contributed by atoms with E-state index in [0.717, 1.165) is 41.0 Å². The highest BCUT2D eigenvalue weighted by Crippen LogP contribution is 2.25. The molecule has 2 aromatic heterocycles. The van der Waals surface area contributed by atoms with E-state index >= 15 is 0 Å². The summed E-state index contributed by atoms with van der Waals surface area (Å²) in [7, 11) is 6.02. The van der Waals surface area contributed by atoms with Gasteiger partial charge in [0.1, 0.15) is 17.4 Å². The maximum absolute atomic E-state index is 12.9. The molecule has 0 aliphatic carbocycles. The van der Waals surface area contributed by atoms with Gasteiger partial charge in [-0.3, -0.25) is 4.79 Å². The number of allylic oxidation sites excluding steroid dienone is 1. The number of hydrogen-bond donors (Lipinski definition) is 2. The summed E-state index contributed by atoms with van der Waals surface area (Å²) < 4.78 is 0. The van der Waals surface area contributed by atoms with Gasteiger partial charge in [0.2, 0.25) is 5.95 Å². The number of carbonyl (C=O) groups is 1. The van der Waals surface area contributed by atoms with Crippen molar-refractivity contribution in [1.82, 2.24) is 30.2 Å². The van der Waals surface area contributed by atoms with Gasteiger partial charge < -0.3 is 20.4 Å². The van der Waals surface area contributed by atoms with Crippen LogP contribution < -0.4 is 15.5 Å². The number of nitrogens with one attached hydrogen (secondary N) is 2. The molecule has 1 amide bonds. The first kappa shape index (κ1) is 26.7. The van der Waals surface area contributed by atoms with E-state index in [2.05, 4.69) is 37.1 Å². The molecular formula is C29H34N8O. The van der Waals surface area contributed by atoms with Crippen molar-refractivity contribution < 1.29 is 4.79 Å². The largest absolute Gasteiger partial charge is 0.348 e. The summed E-state index contributed by atoms with van der Waals surface area (Å²) in [6.45, 7) is 10.0. The Hall–Kier alpha value is -4.37. The van der Waals surface area contributed by atoms with Crippen molar-refractivity contribution in [3.8, 4) is 0 Å². The predicted molar refractivity (Wildman–Crippen MR) is 154 cm³/mol. The van der Waals surface area contributed by atoms with Gasteiger partial charge in [0.05, 0.1) is 6.20 Å². The van der Waals surface area contributed by atoms with Crippen molar-refractivity contribution in [2.45, 2.75) is 20.4 Å². The number of anilines is 3. The first-order valence-electron chi connectivity index (χ1n) is 12.5. The van der Waals surface area contributed by atoms with E-state index in [1.54, 1.807) is 6.20 Å². The first-order valence-corrected chi connectivity index (χ1v) is 12.5. The normalized spacial score (nSPS) is 11.0. The Morgan fingerprint density at radius 2 is 1.71 bits per heavy atom. The molecule has 0 saturated heterocycles. The monoisotopic (exact) mass is 510 g/mol. The molecule has 0 atom stereocenters. The summed E-state index contributed by atoms with van der Waals surface area (Å²) in [6, 6.07) is 13.6. The zero-order valence-electron chi connectivity index (χ0n) is 22.6. The lowest BCUT2D eigenvalue weighted by molar-refractivity contribution is 0.0951. The van der Waals surface area contributed by atoms with Crippen LogP contribution in [-0.2, 0) is 6.54 Å². The number of aromatic nitrogens is 4. The highest BCUT2D eigenvalue weighted by molar-refractivity contribution is 5.96. The third kappa shape index (κ3) is 6.49. The van der Waals surface area contributed by atoms with Crippen LogP contribution in [0, 0.1) is 6.92 Å². The number of benzene rings is 2. The zero-order valence-corrected chi connectivity index (χ0v) is 22.6. The molecule has 9 nitrogen and oxygen atoms in total. The Kier molecular flexibility index (Phi) is 8.28. The van der Waals surface area contributed by atoms with E-state index in [1.165, 1.54) is 6.33 Å². The van der Waals surface area contributed by atoms with Crippen LogP contribution in [0.5, 0.6) is 0 Å². The smallest absolute Gasteiger partial charge is 0.251 e. The molecule has 0 unspecified atom stereocenters. The molecule has 2 heterocycles. The van der Waals surface area contributed by atoms with E-state index in [4.69, 9.17) is 4.98 Å².